The largest absolute Gasteiger partial charge is 0.449 e. The van der Waals surface area contributed by atoms with Crippen molar-refractivity contribution in [2.24, 2.45) is 0 Å². The second kappa shape index (κ2) is 5.64. The molecule has 1 aliphatic heterocycles. The third-order valence-corrected chi connectivity index (χ3v) is 2.59. The maximum Gasteiger partial charge on any atom is 0.410 e. The average molecular weight is 270 g/mol. The molecule has 0 aliphatic carbocycles. The van der Waals surface area contributed by atoms with Gasteiger partial charge in [-0.1, -0.05) is 0 Å². The maximum absolute atomic E-state index is 12.9. The molecule has 0 unspecified atom stereocenters. The van der Waals surface area contributed by atoms with E-state index >= 15 is 0 Å². The van der Waals surface area contributed by atoms with E-state index in [1.807, 2.05) is 0 Å². The summed E-state index contributed by atoms with van der Waals surface area (Å²) in [4.78, 5) is 24.2. The van der Waals surface area contributed by atoms with Gasteiger partial charge in [-0.25, -0.2) is 13.6 Å². The fraction of sp³-hybridized carbons (Fsp3) is 0.333. The molecule has 19 heavy (non-hydrogen) atoms. The lowest BCUT2D eigenvalue weighted by molar-refractivity contribution is -0.117. The van der Waals surface area contributed by atoms with Gasteiger partial charge in [-0.3, -0.25) is 9.69 Å². The number of rotatable bonds is 3. The van der Waals surface area contributed by atoms with Crippen molar-refractivity contribution < 1.29 is 23.1 Å². The third-order valence-electron chi connectivity index (χ3n) is 2.59. The van der Waals surface area contributed by atoms with Crippen LogP contribution in [0.2, 0.25) is 0 Å². The normalized spacial score (nSPS) is 15.1. The highest BCUT2D eigenvalue weighted by molar-refractivity contribution is 5.93. The van der Waals surface area contributed by atoms with E-state index in [0.29, 0.717) is 19.6 Å². The molecular formula is C12H12F2N2O3. The van der Waals surface area contributed by atoms with Crippen molar-refractivity contribution in [3.8, 4) is 0 Å². The van der Waals surface area contributed by atoms with Crippen molar-refractivity contribution in [1.82, 2.24) is 4.90 Å². The van der Waals surface area contributed by atoms with Crippen LogP contribution in [0.5, 0.6) is 0 Å². The number of hydrogen-bond acceptors (Lipinski definition) is 3. The SMILES string of the molecule is O=C(CN1CCCOC1=O)Nc1ccc(F)c(F)c1. The average Bonchev–Trinajstić information content (AvgIpc) is 2.37. The van der Waals surface area contributed by atoms with E-state index in [9.17, 15) is 18.4 Å². The van der Waals surface area contributed by atoms with Crippen molar-refractivity contribution in [3.05, 3.63) is 29.8 Å². The second-order valence-corrected chi connectivity index (χ2v) is 4.07. The van der Waals surface area contributed by atoms with Crippen molar-refractivity contribution in [2.45, 2.75) is 6.42 Å². The quantitative estimate of drug-likeness (QED) is 0.910. The molecule has 1 fully saturated rings. The van der Waals surface area contributed by atoms with Gasteiger partial charge in [0.2, 0.25) is 5.91 Å². The zero-order chi connectivity index (χ0) is 13.8. The van der Waals surface area contributed by atoms with Gasteiger partial charge in [0.25, 0.3) is 0 Å². The van der Waals surface area contributed by atoms with E-state index in [2.05, 4.69) is 5.32 Å². The zero-order valence-electron chi connectivity index (χ0n) is 9.99. The molecule has 2 amide bonds. The maximum atomic E-state index is 12.9. The molecule has 1 heterocycles. The fourth-order valence-electron chi connectivity index (χ4n) is 1.69. The number of carbonyl (C=O) groups excluding carboxylic acids is 2. The van der Waals surface area contributed by atoms with Gasteiger partial charge in [-0.2, -0.15) is 0 Å². The van der Waals surface area contributed by atoms with E-state index in [4.69, 9.17) is 4.74 Å². The predicted molar refractivity (Wildman–Crippen MR) is 62.5 cm³/mol. The molecule has 1 aliphatic rings. The number of halogens is 2. The van der Waals surface area contributed by atoms with Gasteiger partial charge in [0, 0.05) is 18.3 Å². The van der Waals surface area contributed by atoms with Crippen LogP contribution in [0.25, 0.3) is 0 Å². The minimum Gasteiger partial charge on any atom is -0.449 e. The summed E-state index contributed by atoms with van der Waals surface area (Å²) < 4.78 is 30.4. The van der Waals surface area contributed by atoms with Crippen LogP contribution in [0, 0.1) is 11.6 Å². The van der Waals surface area contributed by atoms with Crippen molar-refractivity contribution in [2.75, 3.05) is 25.0 Å². The van der Waals surface area contributed by atoms with Crippen LogP contribution in [-0.4, -0.2) is 36.6 Å². The lowest BCUT2D eigenvalue weighted by Gasteiger charge is -2.25. The lowest BCUT2D eigenvalue weighted by Crippen LogP contribution is -2.42. The van der Waals surface area contributed by atoms with Crippen molar-refractivity contribution in [3.63, 3.8) is 0 Å². The van der Waals surface area contributed by atoms with E-state index in [-0.39, 0.29) is 12.2 Å². The van der Waals surface area contributed by atoms with Crippen LogP contribution in [-0.2, 0) is 9.53 Å². The summed E-state index contributed by atoms with van der Waals surface area (Å²) in [5, 5.41) is 2.38. The Balaban J connectivity index is 1.93. The van der Waals surface area contributed by atoms with Gasteiger partial charge in [0.1, 0.15) is 6.54 Å². The number of benzene rings is 1. The molecule has 0 saturated carbocycles. The molecule has 1 aromatic carbocycles. The van der Waals surface area contributed by atoms with Gasteiger partial charge in [0.15, 0.2) is 11.6 Å². The van der Waals surface area contributed by atoms with Crippen LogP contribution in [0.15, 0.2) is 18.2 Å². The molecule has 5 nitrogen and oxygen atoms in total. The summed E-state index contributed by atoms with van der Waals surface area (Å²) in [6.07, 6.45) is 0.108. The highest BCUT2D eigenvalue weighted by Gasteiger charge is 2.22. The van der Waals surface area contributed by atoms with Gasteiger partial charge in [-0.15, -0.1) is 0 Å². The van der Waals surface area contributed by atoms with Gasteiger partial charge in [0.05, 0.1) is 6.61 Å². The van der Waals surface area contributed by atoms with Crippen LogP contribution < -0.4 is 5.32 Å². The topological polar surface area (TPSA) is 58.6 Å². The standard InChI is InChI=1S/C12H12F2N2O3/c13-9-3-2-8(6-10(9)14)15-11(17)7-16-4-1-5-19-12(16)18/h2-3,6H,1,4-5,7H2,(H,15,17). The third kappa shape index (κ3) is 3.40. The molecule has 0 atom stereocenters. The molecule has 1 saturated heterocycles. The summed E-state index contributed by atoms with van der Waals surface area (Å²) >= 11 is 0. The Bertz CT molecular complexity index is 508. The Kier molecular flexibility index (Phi) is 3.94. The van der Waals surface area contributed by atoms with E-state index in [1.165, 1.54) is 11.0 Å². The first-order valence-corrected chi connectivity index (χ1v) is 5.73. The number of cyclic esters (lactones) is 1. The summed E-state index contributed by atoms with van der Waals surface area (Å²) in [6, 6.07) is 3.03. The predicted octanol–water partition coefficient (Wildman–Crippen LogP) is 1.75. The fourth-order valence-corrected chi connectivity index (χ4v) is 1.69. The Labute approximate surface area is 108 Å². The highest BCUT2D eigenvalue weighted by Crippen LogP contribution is 2.13. The van der Waals surface area contributed by atoms with Gasteiger partial charge < -0.3 is 10.1 Å². The summed E-state index contributed by atoms with van der Waals surface area (Å²) in [5.41, 5.74) is 0.134. The van der Waals surface area contributed by atoms with Gasteiger partial charge in [-0.05, 0) is 18.6 Å². The number of carbonyl (C=O) groups is 2. The second-order valence-electron chi connectivity index (χ2n) is 4.07. The molecule has 7 heteroatoms. The van der Waals surface area contributed by atoms with Crippen molar-refractivity contribution in [1.29, 1.82) is 0 Å². The molecule has 2 rings (SSSR count). The van der Waals surface area contributed by atoms with E-state index < -0.39 is 23.6 Å². The Hall–Kier alpha value is -2.18. The number of amides is 2. The zero-order valence-corrected chi connectivity index (χ0v) is 9.99. The number of anilines is 1. The molecule has 0 spiro atoms. The number of ether oxygens (including phenoxy) is 1. The van der Waals surface area contributed by atoms with E-state index in [1.54, 1.807) is 0 Å². The van der Waals surface area contributed by atoms with Crippen LogP contribution >= 0.6 is 0 Å². The van der Waals surface area contributed by atoms with Crippen LogP contribution in [0.4, 0.5) is 19.3 Å². The molecule has 102 valence electrons. The number of hydrogen-bond donors (Lipinski definition) is 1. The number of nitrogens with zero attached hydrogens (tertiary/aromatic N) is 1. The first kappa shape index (κ1) is 13.3. The van der Waals surface area contributed by atoms with Crippen molar-refractivity contribution >= 4 is 17.7 Å². The Morgan fingerprint density at radius 2 is 2.16 bits per heavy atom. The van der Waals surface area contributed by atoms with Gasteiger partial charge >= 0.3 is 6.09 Å². The molecule has 1 N–H and O–H groups in total. The minimum absolute atomic E-state index is 0.134. The summed E-state index contributed by atoms with van der Waals surface area (Å²) in [5.74, 6) is -2.53. The Morgan fingerprint density at radius 3 is 2.84 bits per heavy atom. The smallest absolute Gasteiger partial charge is 0.410 e. The molecular weight excluding hydrogens is 258 g/mol. The highest BCUT2D eigenvalue weighted by atomic mass is 19.2. The minimum atomic E-state index is -1.05. The summed E-state index contributed by atoms with van der Waals surface area (Å²) in [6.45, 7) is 0.599. The van der Waals surface area contributed by atoms with E-state index in [0.717, 1.165) is 12.1 Å². The monoisotopic (exact) mass is 270 g/mol. The van der Waals surface area contributed by atoms with Crippen LogP contribution in [0.3, 0.4) is 0 Å². The molecule has 1 aromatic rings. The first-order valence-electron chi connectivity index (χ1n) is 5.73. The molecule has 0 radical (unpaired) electrons. The lowest BCUT2D eigenvalue weighted by atomic mass is 10.3. The summed E-state index contributed by atoms with van der Waals surface area (Å²) in [7, 11) is 0. The number of nitrogens with one attached hydrogen (secondary N) is 1. The first-order chi connectivity index (χ1) is 9.06. The molecule has 0 aromatic heterocycles. The Morgan fingerprint density at radius 1 is 1.37 bits per heavy atom. The van der Waals surface area contributed by atoms with Crippen LogP contribution in [0.1, 0.15) is 6.42 Å². The molecule has 0 bridgehead atoms.